The van der Waals surface area contributed by atoms with Gasteiger partial charge >= 0.3 is 0 Å². The third-order valence-electron chi connectivity index (χ3n) is 3.20. The Balaban J connectivity index is 1.99. The Labute approximate surface area is 113 Å². The van der Waals surface area contributed by atoms with Crippen molar-refractivity contribution in [2.75, 3.05) is 0 Å². The van der Waals surface area contributed by atoms with Crippen LogP contribution in [0.1, 0.15) is 36.8 Å². The lowest BCUT2D eigenvalue weighted by Crippen LogP contribution is -2.21. The van der Waals surface area contributed by atoms with E-state index in [4.69, 9.17) is 16.2 Å². The molecule has 0 aliphatic heterocycles. The van der Waals surface area contributed by atoms with Crippen LogP contribution in [0.15, 0.2) is 34.5 Å². The molecule has 0 unspecified atom stereocenters. The second kappa shape index (κ2) is 6.89. The zero-order valence-corrected chi connectivity index (χ0v) is 11.0. The minimum absolute atomic E-state index is 0.0454. The molecule has 5 heteroatoms. The Morgan fingerprint density at radius 2 is 2.00 bits per heavy atom. The molecule has 0 bridgehead atoms. The molecule has 1 aliphatic rings. The van der Waals surface area contributed by atoms with E-state index in [1.807, 2.05) is 24.3 Å². The first-order chi connectivity index (χ1) is 9.25. The molecule has 2 rings (SSSR count). The van der Waals surface area contributed by atoms with Crippen molar-refractivity contribution >= 4 is 12.2 Å². The fraction of sp³-hybridized carbons (Fsp3) is 0.429. The standard InChI is InChI=1S/C14H20N4O/c15-14(16)18-17-9-11-5-1-2-6-12(11)10-19-13-7-3-4-8-13/h1-2,5-6,9,13H,3-4,7-8,10H2,(H4,15,16,18). The smallest absolute Gasteiger partial charge is 0.211 e. The average molecular weight is 260 g/mol. The van der Waals surface area contributed by atoms with Gasteiger partial charge in [0.1, 0.15) is 0 Å². The third-order valence-corrected chi connectivity index (χ3v) is 3.20. The van der Waals surface area contributed by atoms with Crippen molar-refractivity contribution in [3.8, 4) is 0 Å². The zero-order valence-electron chi connectivity index (χ0n) is 11.0. The lowest BCUT2D eigenvalue weighted by atomic mass is 10.1. The quantitative estimate of drug-likeness (QED) is 0.480. The summed E-state index contributed by atoms with van der Waals surface area (Å²) in [7, 11) is 0. The van der Waals surface area contributed by atoms with Gasteiger partial charge in [-0.3, -0.25) is 0 Å². The molecule has 1 aromatic rings. The van der Waals surface area contributed by atoms with Gasteiger partial charge in [-0.15, -0.1) is 5.10 Å². The second-order valence-corrected chi connectivity index (χ2v) is 4.69. The summed E-state index contributed by atoms with van der Waals surface area (Å²) >= 11 is 0. The first-order valence-electron chi connectivity index (χ1n) is 6.57. The topological polar surface area (TPSA) is 86.0 Å². The molecule has 1 fully saturated rings. The molecule has 0 spiro atoms. The van der Waals surface area contributed by atoms with Gasteiger partial charge in [0, 0.05) is 5.56 Å². The van der Waals surface area contributed by atoms with Gasteiger partial charge in [0.15, 0.2) is 0 Å². The summed E-state index contributed by atoms with van der Waals surface area (Å²) < 4.78 is 5.91. The maximum atomic E-state index is 5.91. The molecular formula is C14H20N4O. The molecule has 0 saturated heterocycles. The van der Waals surface area contributed by atoms with Crippen molar-refractivity contribution in [3.05, 3.63) is 35.4 Å². The van der Waals surface area contributed by atoms with E-state index in [1.165, 1.54) is 25.7 Å². The summed E-state index contributed by atoms with van der Waals surface area (Å²) in [6, 6.07) is 7.95. The summed E-state index contributed by atoms with van der Waals surface area (Å²) in [6.07, 6.45) is 6.95. The predicted molar refractivity (Wildman–Crippen MR) is 76.9 cm³/mol. The van der Waals surface area contributed by atoms with Gasteiger partial charge in [-0.05, 0) is 18.4 Å². The minimum Gasteiger partial charge on any atom is -0.374 e. The van der Waals surface area contributed by atoms with Crippen molar-refractivity contribution in [1.29, 1.82) is 0 Å². The highest BCUT2D eigenvalue weighted by Gasteiger charge is 2.15. The molecule has 0 amide bonds. The van der Waals surface area contributed by atoms with E-state index in [-0.39, 0.29) is 5.96 Å². The molecule has 1 saturated carbocycles. The number of hydrogen-bond acceptors (Lipinski definition) is 3. The van der Waals surface area contributed by atoms with Crippen LogP contribution in [-0.2, 0) is 11.3 Å². The molecule has 1 aromatic carbocycles. The Morgan fingerprint density at radius 1 is 1.26 bits per heavy atom. The van der Waals surface area contributed by atoms with Gasteiger partial charge in [0.05, 0.1) is 18.9 Å². The monoisotopic (exact) mass is 260 g/mol. The van der Waals surface area contributed by atoms with E-state index in [2.05, 4.69) is 10.2 Å². The molecule has 19 heavy (non-hydrogen) atoms. The average Bonchev–Trinajstić information content (AvgIpc) is 2.90. The highest BCUT2D eigenvalue weighted by atomic mass is 16.5. The fourth-order valence-corrected chi connectivity index (χ4v) is 2.21. The summed E-state index contributed by atoms with van der Waals surface area (Å²) in [4.78, 5) is 0. The van der Waals surface area contributed by atoms with Crippen LogP contribution in [0.2, 0.25) is 0 Å². The first kappa shape index (κ1) is 13.5. The number of hydrogen-bond donors (Lipinski definition) is 2. The maximum absolute atomic E-state index is 5.91. The van der Waals surface area contributed by atoms with E-state index in [9.17, 15) is 0 Å². The van der Waals surface area contributed by atoms with Crippen LogP contribution in [-0.4, -0.2) is 18.3 Å². The molecule has 4 N–H and O–H groups in total. The van der Waals surface area contributed by atoms with Crippen LogP contribution in [0.3, 0.4) is 0 Å². The Bertz CT molecular complexity index is 460. The van der Waals surface area contributed by atoms with E-state index in [1.54, 1.807) is 6.21 Å². The minimum atomic E-state index is -0.0454. The summed E-state index contributed by atoms with van der Waals surface area (Å²) in [5, 5.41) is 7.44. The zero-order chi connectivity index (χ0) is 13.5. The number of rotatable bonds is 5. The van der Waals surface area contributed by atoms with Gasteiger partial charge in [0.2, 0.25) is 5.96 Å². The maximum Gasteiger partial charge on any atom is 0.211 e. The molecule has 1 aliphatic carbocycles. The van der Waals surface area contributed by atoms with E-state index in [0.29, 0.717) is 12.7 Å². The number of guanidine groups is 1. The van der Waals surface area contributed by atoms with Crippen LogP contribution in [0.25, 0.3) is 0 Å². The Morgan fingerprint density at radius 3 is 2.74 bits per heavy atom. The molecule has 5 nitrogen and oxygen atoms in total. The summed E-state index contributed by atoms with van der Waals surface area (Å²) in [6.45, 7) is 0.606. The Hall–Kier alpha value is -1.88. The normalized spacial score (nSPS) is 16.0. The molecule has 0 heterocycles. The van der Waals surface area contributed by atoms with Crippen LogP contribution < -0.4 is 11.5 Å². The fourth-order valence-electron chi connectivity index (χ4n) is 2.21. The van der Waals surface area contributed by atoms with E-state index >= 15 is 0 Å². The van der Waals surface area contributed by atoms with Gasteiger partial charge < -0.3 is 16.2 Å². The van der Waals surface area contributed by atoms with Gasteiger partial charge in [0.25, 0.3) is 0 Å². The first-order valence-corrected chi connectivity index (χ1v) is 6.57. The van der Waals surface area contributed by atoms with E-state index in [0.717, 1.165) is 11.1 Å². The molecule has 0 atom stereocenters. The van der Waals surface area contributed by atoms with Crippen molar-refractivity contribution in [1.82, 2.24) is 0 Å². The number of nitrogens with two attached hydrogens (primary N) is 2. The number of benzene rings is 1. The van der Waals surface area contributed by atoms with Crippen LogP contribution in [0, 0.1) is 0 Å². The highest BCUT2D eigenvalue weighted by molar-refractivity contribution is 5.83. The number of nitrogens with zero attached hydrogens (tertiary/aromatic N) is 2. The highest BCUT2D eigenvalue weighted by Crippen LogP contribution is 2.22. The predicted octanol–water partition coefficient (Wildman–Crippen LogP) is 1.75. The van der Waals surface area contributed by atoms with Gasteiger partial charge in [-0.1, -0.05) is 37.1 Å². The van der Waals surface area contributed by atoms with E-state index < -0.39 is 0 Å². The van der Waals surface area contributed by atoms with Crippen molar-refractivity contribution in [2.45, 2.75) is 38.4 Å². The largest absolute Gasteiger partial charge is 0.374 e. The van der Waals surface area contributed by atoms with Crippen molar-refractivity contribution < 1.29 is 4.74 Å². The molecule has 102 valence electrons. The SMILES string of the molecule is NC(N)=NN=Cc1ccccc1COC1CCCC1. The lowest BCUT2D eigenvalue weighted by molar-refractivity contribution is 0.0456. The van der Waals surface area contributed by atoms with Gasteiger partial charge in [-0.2, -0.15) is 5.10 Å². The Kier molecular flexibility index (Phi) is 4.92. The van der Waals surface area contributed by atoms with Crippen LogP contribution >= 0.6 is 0 Å². The molecule has 0 radical (unpaired) electrons. The summed E-state index contributed by atoms with van der Waals surface area (Å²) in [5.74, 6) is -0.0454. The van der Waals surface area contributed by atoms with Crippen molar-refractivity contribution in [2.24, 2.45) is 21.7 Å². The number of ether oxygens (including phenoxy) is 1. The van der Waals surface area contributed by atoms with Crippen LogP contribution in [0.4, 0.5) is 0 Å². The third kappa shape index (κ3) is 4.37. The second-order valence-electron chi connectivity index (χ2n) is 4.69. The molecular weight excluding hydrogens is 240 g/mol. The van der Waals surface area contributed by atoms with Crippen molar-refractivity contribution in [3.63, 3.8) is 0 Å². The lowest BCUT2D eigenvalue weighted by Gasteiger charge is -2.12. The van der Waals surface area contributed by atoms with Crippen LogP contribution in [0.5, 0.6) is 0 Å². The molecule has 0 aromatic heterocycles. The van der Waals surface area contributed by atoms with Gasteiger partial charge in [-0.25, -0.2) is 0 Å². The summed E-state index contributed by atoms with van der Waals surface area (Å²) in [5.41, 5.74) is 12.5.